The molecule has 0 aromatic heterocycles. The van der Waals surface area contributed by atoms with Gasteiger partial charge in [0, 0.05) is 19.1 Å². The van der Waals surface area contributed by atoms with E-state index < -0.39 is 0 Å². The number of rotatable bonds is 4. The van der Waals surface area contributed by atoms with Gasteiger partial charge in [0.2, 0.25) is 0 Å². The molecule has 0 aromatic carbocycles. The number of nitrogens with one attached hydrogen (secondary N) is 2. The van der Waals surface area contributed by atoms with Gasteiger partial charge in [-0.3, -0.25) is 0 Å². The highest BCUT2D eigenvalue weighted by Crippen LogP contribution is 2.13. The summed E-state index contributed by atoms with van der Waals surface area (Å²) < 4.78 is 0. The highest BCUT2D eigenvalue weighted by molar-refractivity contribution is 5.73. The highest BCUT2D eigenvalue weighted by atomic mass is 16.2. The van der Waals surface area contributed by atoms with E-state index in [0.29, 0.717) is 6.04 Å². The molecule has 15 heavy (non-hydrogen) atoms. The van der Waals surface area contributed by atoms with E-state index in [4.69, 9.17) is 0 Å². The number of carbonyl (C=O) groups is 1. The van der Waals surface area contributed by atoms with Crippen LogP contribution in [0, 0.1) is 0 Å². The number of nitrogens with zero attached hydrogens (tertiary/aromatic N) is 1. The summed E-state index contributed by atoms with van der Waals surface area (Å²) in [5, 5.41) is 5.74. The smallest absolute Gasteiger partial charge is 0.314 e. The maximum Gasteiger partial charge on any atom is 0.314 e. The minimum Gasteiger partial charge on any atom is -0.338 e. The molecule has 0 spiro atoms. The van der Waals surface area contributed by atoms with E-state index in [1.807, 2.05) is 0 Å². The van der Waals surface area contributed by atoms with Gasteiger partial charge in [-0.25, -0.2) is 4.79 Å². The number of piperidine rings is 1. The van der Waals surface area contributed by atoms with Gasteiger partial charge in [0.1, 0.15) is 0 Å². The zero-order valence-electron chi connectivity index (χ0n) is 9.88. The van der Waals surface area contributed by atoms with Crippen LogP contribution in [0.3, 0.4) is 0 Å². The van der Waals surface area contributed by atoms with E-state index >= 15 is 0 Å². The maximum absolute atomic E-state index is 11.3. The highest BCUT2D eigenvalue weighted by Gasteiger charge is 2.18. The van der Waals surface area contributed by atoms with Crippen molar-refractivity contribution in [2.75, 3.05) is 26.7 Å². The second-order valence-electron chi connectivity index (χ2n) is 4.27. The molecule has 0 radical (unpaired) electrons. The molecule has 4 heteroatoms. The van der Waals surface area contributed by atoms with Gasteiger partial charge in [-0.15, -0.1) is 0 Å². The molecule has 0 aromatic rings. The third kappa shape index (κ3) is 4.51. The maximum atomic E-state index is 11.3. The van der Waals surface area contributed by atoms with Crippen LogP contribution in [0.4, 0.5) is 4.79 Å². The van der Waals surface area contributed by atoms with Crippen molar-refractivity contribution in [3.63, 3.8) is 0 Å². The summed E-state index contributed by atoms with van der Waals surface area (Å²) >= 11 is 0. The van der Waals surface area contributed by atoms with Gasteiger partial charge in [-0.2, -0.15) is 0 Å². The third-order valence-electron chi connectivity index (χ3n) is 2.96. The number of urea groups is 1. The zero-order chi connectivity index (χ0) is 11.1. The van der Waals surface area contributed by atoms with Crippen molar-refractivity contribution < 1.29 is 4.79 Å². The van der Waals surface area contributed by atoms with Crippen molar-refractivity contribution in [3.8, 4) is 0 Å². The molecule has 0 aliphatic carbocycles. The van der Waals surface area contributed by atoms with Crippen LogP contribution in [0.25, 0.3) is 0 Å². The predicted octanol–water partition coefficient (Wildman–Crippen LogP) is 1.18. The first-order valence-electron chi connectivity index (χ1n) is 5.96. The topological polar surface area (TPSA) is 44.4 Å². The summed E-state index contributed by atoms with van der Waals surface area (Å²) in [6.45, 7) is 4.73. The minimum absolute atomic E-state index is 0.0316. The second-order valence-corrected chi connectivity index (χ2v) is 4.27. The number of hydrogen-bond acceptors (Lipinski definition) is 2. The molecule has 1 unspecified atom stereocenters. The summed E-state index contributed by atoms with van der Waals surface area (Å²) in [7, 11) is 2.13. The van der Waals surface area contributed by atoms with Crippen LogP contribution in [0.15, 0.2) is 0 Å². The lowest BCUT2D eigenvalue weighted by atomic mass is 10.0. The lowest BCUT2D eigenvalue weighted by Crippen LogP contribution is -2.47. The lowest BCUT2D eigenvalue weighted by molar-refractivity contribution is 0.180. The molecule has 1 fully saturated rings. The van der Waals surface area contributed by atoms with E-state index in [1.165, 1.54) is 19.3 Å². The first-order valence-corrected chi connectivity index (χ1v) is 5.96. The van der Waals surface area contributed by atoms with E-state index in [0.717, 1.165) is 26.1 Å². The third-order valence-corrected chi connectivity index (χ3v) is 2.96. The molecule has 1 rings (SSSR count). The molecule has 1 aliphatic heterocycles. The van der Waals surface area contributed by atoms with E-state index in [-0.39, 0.29) is 6.03 Å². The number of likely N-dealkylation sites (tertiary alicyclic amines) is 1. The van der Waals surface area contributed by atoms with Crippen molar-refractivity contribution in [1.29, 1.82) is 0 Å². The van der Waals surface area contributed by atoms with Gasteiger partial charge in [-0.05, 0) is 32.9 Å². The normalized spacial score (nSPS) is 22.4. The first-order chi connectivity index (χ1) is 7.24. The molecular weight excluding hydrogens is 190 g/mol. The van der Waals surface area contributed by atoms with Crippen LogP contribution in [0.2, 0.25) is 0 Å². The standard InChI is InChI=1S/C11H23N3O/c1-3-7-12-11(15)13-9-10-6-4-5-8-14(10)2/h10H,3-9H2,1-2H3,(H2,12,13,15). The Hall–Kier alpha value is -0.770. The molecule has 2 N–H and O–H groups in total. The monoisotopic (exact) mass is 213 g/mol. The molecular formula is C11H23N3O. The molecule has 0 saturated carbocycles. The largest absolute Gasteiger partial charge is 0.338 e. The van der Waals surface area contributed by atoms with Crippen LogP contribution >= 0.6 is 0 Å². The van der Waals surface area contributed by atoms with Gasteiger partial charge in [0.25, 0.3) is 0 Å². The fourth-order valence-corrected chi connectivity index (χ4v) is 1.91. The van der Waals surface area contributed by atoms with Crippen LogP contribution in [-0.4, -0.2) is 43.7 Å². The summed E-state index contributed by atoms with van der Waals surface area (Å²) in [6.07, 6.45) is 4.75. The summed E-state index contributed by atoms with van der Waals surface area (Å²) in [5.74, 6) is 0. The summed E-state index contributed by atoms with van der Waals surface area (Å²) in [6, 6.07) is 0.488. The predicted molar refractivity (Wildman–Crippen MR) is 62.0 cm³/mol. The Labute approximate surface area is 92.4 Å². The van der Waals surface area contributed by atoms with Crippen molar-refractivity contribution >= 4 is 6.03 Å². The van der Waals surface area contributed by atoms with Crippen LogP contribution in [0.1, 0.15) is 32.6 Å². The van der Waals surface area contributed by atoms with E-state index in [9.17, 15) is 4.79 Å². The Morgan fingerprint density at radius 2 is 2.20 bits per heavy atom. The Bertz CT molecular complexity index is 196. The lowest BCUT2D eigenvalue weighted by Gasteiger charge is -2.32. The molecule has 0 bridgehead atoms. The van der Waals surface area contributed by atoms with Gasteiger partial charge >= 0.3 is 6.03 Å². The Kier molecular flexibility index (Phi) is 5.47. The van der Waals surface area contributed by atoms with E-state index in [2.05, 4.69) is 29.5 Å². The van der Waals surface area contributed by atoms with E-state index in [1.54, 1.807) is 0 Å². The van der Waals surface area contributed by atoms with Crippen molar-refractivity contribution in [3.05, 3.63) is 0 Å². The molecule has 88 valence electrons. The number of hydrogen-bond donors (Lipinski definition) is 2. The average molecular weight is 213 g/mol. The Balaban J connectivity index is 2.14. The van der Waals surface area contributed by atoms with Crippen molar-refractivity contribution in [1.82, 2.24) is 15.5 Å². The zero-order valence-corrected chi connectivity index (χ0v) is 9.88. The fraction of sp³-hybridized carbons (Fsp3) is 0.909. The van der Waals surface area contributed by atoms with Crippen molar-refractivity contribution in [2.45, 2.75) is 38.6 Å². The quantitative estimate of drug-likeness (QED) is 0.736. The first kappa shape index (κ1) is 12.3. The molecule has 1 saturated heterocycles. The average Bonchev–Trinajstić information content (AvgIpc) is 2.25. The van der Waals surface area contributed by atoms with Gasteiger partial charge < -0.3 is 15.5 Å². The van der Waals surface area contributed by atoms with Crippen molar-refractivity contribution in [2.24, 2.45) is 0 Å². The van der Waals surface area contributed by atoms with Crippen LogP contribution < -0.4 is 10.6 Å². The number of carbonyl (C=O) groups excluding carboxylic acids is 1. The molecule has 1 aliphatic rings. The van der Waals surface area contributed by atoms with Crippen LogP contribution in [-0.2, 0) is 0 Å². The second kappa shape index (κ2) is 6.67. The number of likely N-dealkylation sites (N-methyl/N-ethyl adjacent to an activating group) is 1. The summed E-state index contributed by atoms with van der Waals surface area (Å²) in [4.78, 5) is 13.6. The Morgan fingerprint density at radius 3 is 2.87 bits per heavy atom. The molecule has 4 nitrogen and oxygen atoms in total. The van der Waals surface area contributed by atoms with Gasteiger partial charge in [0.15, 0.2) is 0 Å². The molecule has 1 atom stereocenters. The SMILES string of the molecule is CCCNC(=O)NCC1CCCCN1C. The molecule has 1 heterocycles. The Morgan fingerprint density at radius 1 is 1.40 bits per heavy atom. The van der Waals surface area contributed by atoms with Gasteiger partial charge in [-0.1, -0.05) is 13.3 Å². The minimum atomic E-state index is -0.0316. The molecule has 2 amide bonds. The number of amides is 2. The fourth-order valence-electron chi connectivity index (χ4n) is 1.91. The summed E-state index contributed by atoms with van der Waals surface area (Å²) in [5.41, 5.74) is 0. The van der Waals surface area contributed by atoms with Crippen LogP contribution in [0.5, 0.6) is 0 Å². The van der Waals surface area contributed by atoms with Gasteiger partial charge in [0.05, 0.1) is 0 Å².